The fourth-order valence-corrected chi connectivity index (χ4v) is 3.50. The first-order valence-electron chi connectivity index (χ1n) is 10.7. The quantitative estimate of drug-likeness (QED) is 0.414. The maximum Gasteiger partial charge on any atom is 0.329 e. The van der Waals surface area contributed by atoms with Crippen LogP contribution in [0.25, 0.3) is 6.08 Å². The van der Waals surface area contributed by atoms with Gasteiger partial charge in [-0.1, -0.05) is 65.7 Å². The molecule has 0 unspecified atom stereocenters. The number of carbonyl (C=O) groups excluding carboxylic acids is 2. The molecule has 33 heavy (non-hydrogen) atoms. The standard InChI is InChI=1S/C27H26N2O4/c1-18-4-8-20(9-5-18)16-29-26(30)23(28-27(29)31)14-22-12-13-24(25(15-22)32-3)33-17-21-10-6-19(2)7-11-21/h4-15H,16-17H2,1-3H3,(H,28,31)/b23-14+. The van der Waals surface area contributed by atoms with E-state index in [9.17, 15) is 9.59 Å². The number of imide groups is 1. The lowest BCUT2D eigenvalue weighted by Crippen LogP contribution is -2.30. The zero-order chi connectivity index (χ0) is 23.4. The summed E-state index contributed by atoms with van der Waals surface area (Å²) in [6.07, 6.45) is 1.64. The Kier molecular flexibility index (Phi) is 6.45. The molecule has 0 radical (unpaired) electrons. The minimum absolute atomic E-state index is 0.220. The van der Waals surface area contributed by atoms with E-state index >= 15 is 0 Å². The van der Waals surface area contributed by atoms with E-state index in [-0.39, 0.29) is 18.1 Å². The molecule has 3 aromatic rings. The molecule has 1 aliphatic rings. The van der Waals surface area contributed by atoms with E-state index in [4.69, 9.17) is 9.47 Å². The van der Waals surface area contributed by atoms with Crippen LogP contribution < -0.4 is 14.8 Å². The van der Waals surface area contributed by atoms with E-state index in [1.165, 1.54) is 10.5 Å². The largest absolute Gasteiger partial charge is 0.493 e. The second-order valence-corrected chi connectivity index (χ2v) is 8.05. The summed E-state index contributed by atoms with van der Waals surface area (Å²) in [5.74, 6) is 0.784. The Bertz CT molecular complexity index is 1200. The monoisotopic (exact) mass is 442 g/mol. The molecule has 3 amide bonds. The van der Waals surface area contributed by atoms with E-state index in [1.807, 2.05) is 68.4 Å². The molecular weight excluding hydrogens is 416 g/mol. The Balaban J connectivity index is 1.47. The Hall–Kier alpha value is -4.06. The Labute approximate surface area is 193 Å². The first-order chi connectivity index (χ1) is 15.9. The van der Waals surface area contributed by atoms with E-state index in [0.717, 1.165) is 22.3 Å². The molecule has 0 aromatic heterocycles. The third kappa shape index (κ3) is 5.23. The van der Waals surface area contributed by atoms with Crippen LogP contribution in [0.5, 0.6) is 11.5 Å². The lowest BCUT2D eigenvalue weighted by molar-refractivity contribution is -0.123. The van der Waals surface area contributed by atoms with Crippen LogP contribution in [0.3, 0.4) is 0 Å². The number of aryl methyl sites for hydroxylation is 2. The number of nitrogens with zero attached hydrogens (tertiary/aromatic N) is 1. The molecule has 4 rings (SSSR count). The van der Waals surface area contributed by atoms with Gasteiger partial charge in [0.25, 0.3) is 5.91 Å². The zero-order valence-electron chi connectivity index (χ0n) is 18.9. The predicted octanol–water partition coefficient (Wildman–Crippen LogP) is 4.98. The molecule has 6 nitrogen and oxygen atoms in total. The number of benzene rings is 3. The lowest BCUT2D eigenvalue weighted by Gasteiger charge is -2.12. The SMILES string of the molecule is COc1cc(/C=C2/NC(=O)N(Cc3ccc(C)cc3)C2=O)ccc1OCc1ccc(C)cc1. The highest BCUT2D eigenvalue weighted by molar-refractivity contribution is 6.13. The number of amides is 3. The number of hydrogen-bond acceptors (Lipinski definition) is 4. The molecule has 168 valence electrons. The summed E-state index contributed by atoms with van der Waals surface area (Å²) in [5.41, 5.74) is 5.21. The highest BCUT2D eigenvalue weighted by Crippen LogP contribution is 2.30. The van der Waals surface area contributed by atoms with Crippen molar-refractivity contribution in [2.75, 3.05) is 7.11 Å². The number of rotatable bonds is 7. The van der Waals surface area contributed by atoms with Gasteiger partial charge < -0.3 is 14.8 Å². The van der Waals surface area contributed by atoms with Crippen molar-refractivity contribution < 1.29 is 19.1 Å². The van der Waals surface area contributed by atoms with Crippen molar-refractivity contribution in [3.63, 3.8) is 0 Å². The van der Waals surface area contributed by atoms with Crippen LogP contribution in [0.4, 0.5) is 4.79 Å². The molecule has 0 saturated carbocycles. The number of carbonyl (C=O) groups is 2. The summed E-state index contributed by atoms with van der Waals surface area (Å²) in [4.78, 5) is 26.4. The highest BCUT2D eigenvalue weighted by atomic mass is 16.5. The number of hydrogen-bond donors (Lipinski definition) is 1. The van der Waals surface area contributed by atoms with Crippen molar-refractivity contribution in [2.24, 2.45) is 0 Å². The van der Waals surface area contributed by atoms with Gasteiger partial charge in [-0.25, -0.2) is 4.79 Å². The molecule has 0 atom stereocenters. The van der Waals surface area contributed by atoms with Crippen LogP contribution in [0, 0.1) is 13.8 Å². The van der Waals surface area contributed by atoms with Gasteiger partial charge >= 0.3 is 6.03 Å². The van der Waals surface area contributed by atoms with E-state index < -0.39 is 6.03 Å². The van der Waals surface area contributed by atoms with E-state index in [2.05, 4.69) is 5.32 Å². The Morgan fingerprint density at radius 1 is 0.848 bits per heavy atom. The molecule has 1 heterocycles. The third-order valence-corrected chi connectivity index (χ3v) is 5.44. The highest BCUT2D eigenvalue weighted by Gasteiger charge is 2.33. The van der Waals surface area contributed by atoms with Crippen LogP contribution in [-0.2, 0) is 17.9 Å². The van der Waals surface area contributed by atoms with E-state index in [1.54, 1.807) is 25.3 Å². The van der Waals surface area contributed by atoms with Gasteiger partial charge in [0.2, 0.25) is 0 Å². The number of urea groups is 1. The zero-order valence-corrected chi connectivity index (χ0v) is 18.9. The molecule has 0 spiro atoms. The number of ether oxygens (including phenoxy) is 2. The van der Waals surface area contributed by atoms with Crippen LogP contribution in [0.1, 0.15) is 27.8 Å². The summed E-state index contributed by atoms with van der Waals surface area (Å²) >= 11 is 0. The molecule has 1 saturated heterocycles. The van der Waals surface area contributed by atoms with Crippen molar-refractivity contribution in [2.45, 2.75) is 27.0 Å². The van der Waals surface area contributed by atoms with Crippen molar-refractivity contribution >= 4 is 18.0 Å². The van der Waals surface area contributed by atoms with E-state index in [0.29, 0.717) is 18.1 Å². The Morgan fingerprint density at radius 3 is 2.12 bits per heavy atom. The first kappa shape index (κ1) is 22.1. The van der Waals surface area contributed by atoms with Crippen molar-refractivity contribution in [1.29, 1.82) is 0 Å². The molecule has 1 aliphatic heterocycles. The van der Waals surface area contributed by atoms with Gasteiger partial charge in [0.1, 0.15) is 12.3 Å². The summed E-state index contributed by atoms with van der Waals surface area (Å²) in [7, 11) is 1.57. The minimum atomic E-state index is -0.433. The van der Waals surface area contributed by atoms with Gasteiger partial charge in [0.05, 0.1) is 13.7 Å². The molecule has 6 heteroatoms. The number of nitrogens with one attached hydrogen (secondary N) is 1. The fourth-order valence-electron chi connectivity index (χ4n) is 3.50. The molecule has 0 bridgehead atoms. The van der Waals surface area contributed by atoms with Gasteiger partial charge in [0.15, 0.2) is 11.5 Å². The second-order valence-electron chi connectivity index (χ2n) is 8.05. The maximum atomic E-state index is 12.8. The molecule has 1 N–H and O–H groups in total. The normalized spacial score (nSPS) is 14.5. The molecule has 1 fully saturated rings. The van der Waals surface area contributed by atoms with Crippen molar-refractivity contribution in [3.05, 3.63) is 100 Å². The van der Waals surface area contributed by atoms with Crippen molar-refractivity contribution in [3.8, 4) is 11.5 Å². The summed E-state index contributed by atoms with van der Waals surface area (Å²) in [6, 6.07) is 20.8. The van der Waals surface area contributed by atoms with Crippen LogP contribution in [0.2, 0.25) is 0 Å². The first-order valence-corrected chi connectivity index (χ1v) is 10.7. The van der Waals surface area contributed by atoms with Crippen LogP contribution in [-0.4, -0.2) is 23.9 Å². The smallest absolute Gasteiger partial charge is 0.329 e. The fraction of sp³-hybridized carbons (Fsp3) is 0.185. The summed E-state index contributed by atoms with van der Waals surface area (Å²) in [6.45, 7) is 4.67. The Morgan fingerprint density at radius 2 is 1.48 bits per heavy atom. The minimum Gasteiger partial charge on any atom is -0.493 e. The number of methoxy groups -OCH3 is 1. The van der Waals surface area contributed by atoms with Gasteiger partial charge in [-0.05, 0) is 48.7 Å². The third-order valence-electron chi connectivity index (χ3n) is 5.44. The summed E-state index contributed by atoms with van der Waals surface area (Å²) < 4.78 is 11.4. The molecule has 0 aliphatic carbocycles. The second kappa shape index (κ2) is 9.61. The van der Waals surface area contributed by atoms with Gasteiger partial charge in [0, 0.05) is 0 Å². The maximum absolute atomic E-state index is 12.8. The van der Waals surface area contributed by atoms with Crippen molar-refractivity contribution in [1.82, 2.24) is 10.2 Å². The van der Waals surface area contributed by atoms with Gasteiger partial charge in [-0.2, -0.15) is 0 Å². The summed E-state index contributed by atoms with van der Waals surface area (Å²) in [5, 5.41) is 2.66. The molecule has 3 aromatic carbocycles. The molecular formula is C27H26N2O4. The predicted molar refractivity (Wildman–Crippen MR) is 127 cm³/mol. The van der Waals surface area contributed by atoms with Gasteiger partial charge in [-0.15, -0.1) is 0 Å². The van der Waals surface area contributed by atoms with Gasteiger partial charge in [-0.3, -0.25) is 9.69 Å². The topological polar surface area (TPSA) is 67.9 Å². The van der Waals surface area contributed by atoms with Crippen LogP contribution >= 0.6 is 0 Å². The van der Waals surface area contributed by atoms with Crippen LogP contribution in [0.15, 0.2) is 72.4 Å². The average molecular weight is 443 g/mol. The lowest BCUT2D eigenvalue weighted by atomic mass is 10.1. The average Bonchev–Trinajstić information content (AvgIpc) is 3.07.